The van der Waals surface area contributed by atoms with Crippen LogP contribution in [0.5, 0.6) is 0 Å². The molecule has 0 bridgehead atoms. The SMILES string of the molecule is CC.CC.CC.Cc1c(C(C)C)cc(Br)cc1C(C)C. The Bertz CT molecular complexity index is 296. The van der Waals surface area contributed by atoms with Crippen LogP contribution in [-0.2, 0) is 0 Å². The fraction of sp³-hybridized carbons (Fsp3) is 0.684. The molecule has 20 heavy (non-hydrogen) atoms. The summed E-state index contributed by atoms with van der Waals surface area (Å²) in [5, 5.41) is 0. The third-order valence-corrected chi connectivity index (χ3v) is 3.15. The third kappa shape index (κ3) is 8.79. The Balaban J connectivity index is -0.000000425. The lowest BCUT2D eigenvalue weighted by Crippen LogP contribution is -1.99. The van der Waals surface area contributed by atoms with Crippen LogP contribution >= 0.6 is 15.9 Å². The first-order chi connectivity index (χ1) is 9.43. The summed E-state index contributed by atoms with van der Waals surface area (Å²) in [6.45, 7) is 23.2. The van der Waals surface area contributed by atoms with E-state index in [1.807, 2.05) is 41.5 Å². The number of halogens is 1. The molecule has 0 unspecified atom stereocenters. The van der Waals surface area contributed by atoms with Crippen LogP contribution in [-0.4, -0.2) is 0 Å². The average molecular weight is 345 g/mol. The molecule has 0 saturated carbocycles. The molecule has 0 nitrogen and oxygen atoms in total. The Hall–Kier alpha value is -0.300. The molecule has 1 heteroatoms. The van der Waals surface area contributed by atoms with Gasteiger partial charge in [0.15, 0.2) is 0 Å². The van der Waals surface area contributed by atoms with E-state index in [-0.39, 0.29) is 0 Å². The van der Waals surface area contributed by atoms with E-state index in [1.165, 1.54) is 21.2 Å². The van der Waals surface area contributed by atoms with Crippen molar-refractivity contribution in [3.63, 3.8) is 0 Å². The van der Waals surface area contributed by atoms with Gasteiger partial charge in [0.25, 0.3) is 0 Å². The van der Waals surface area contributed by atoms with Gasteiger partial charge in [0.05, 0.1) is 0 Å². The lowest BCUT2D eigenvalue weighted by molar-refractivity contribution is 0.815. The second kappa shape index (κ2) is 15.1. The summed E-state index contributed by atoms with van der Waals surface area (Å²) >= 11 is 3.58. The highest BCUT2D eigenvalue weighted by Crippen LogP contribution is 2.30. The lowest BCUT2D eigenvalue weighted by atomic mass is 9.90. The Morgan fingerprint density at radius 1 is 0.700 bits per heavy atom. The average Bonchev–Trinajstić information content (AvgIpc) is 2.47. The van der Waals surface area contributed by atoms with Crippen molar-refractivity contribution in [2.24, 2.45) is 0 Å². The van der Waals surface area contributed by atoms with Gasteiger partial charge in [-0.15, -0.1) is 0 Å². The minimum atomic E-state index is 0.602. The Morgan fingerprint density at radius 2 is 0.950 bits per heavy atom. The van der Waals surface area contributed by atoms with Gasteiger partial charge in [0, 0.05) is 4.47 Å². The van der Waals surface area contributed by atoms with E-state index in [9.17, 15) is 0 Å². The van der Waals surface area contributed by atoms with Crippen molar-refractivity contribution in [1.82, 2.24) is 0 Å². The van der Waals surface area contributed by atoms with Gasteiger partial charge in [-0.3, -0.25) is 0 Å². The Labute approximate surface area is 137 Å². The smallest absolute Gasteiger partial charge is 0.0181 e. The molecule has 0 aromatic heterocycles. The third-order valence-electron chi connectivity index (χ3n) is 2.70. The highest BCUT2D eigenvalue weighted by atomic mass is 79.9. The number of hydrogen-bond acceptors (Lipinski definition) is 0. The lowest BCUT2D eigenvalue weighted by Gasteiger charge is -2.17. The van der Waals surface area contributed by atoms with Crippen LogP contribution in [0, 0.1) is 6.92 Å². The van der Waals surface area contributed by atoms with Crippen molar-refractivity contribution >= 4 is 15.9 Å². The molecular formula is C19H37Br. The summed E-state index contributed by atoms with van der Waals surface area (Å²) in [5.41, 5.74) is 4.38. The van der Waals surface area contributed by atoms with E-state index < -0.39 is 0 Å². The van der Waals surface area contributed by atoms with E-state index in [2.05, 4.69) is 62.7 Å². The largest absolute Gasteiger partial charge is 0.0683 e. The molecule has 0 N–H and O–H groups in total. The molecule has 0 fully saturated rings. The second-order valence-corrected chi connectivity index (χ2v) is 5.43. The minimum absolute atomic E-state index is 0.602. The molecule has 0 amide bonds. The zero-order valence-electron chi connectivity index (χ0n) is 15.7. The quantitative estimate of drug-likeness (QED) is 0.508. The van der Waals surface area contributed by atoms with Gasteiger partial charge in [0.2, 0.25) is 0 Å². The van der Waals surface area contributed by atoms with Gasteiger partial charge < -0.3 is 0 Å². The fourth-order valence-corrected chi connectivity index (χ4v) is 2.41. The molecule has 1 rings (SSSR count). The Morgan fingerprint density at radius 3 is 1.15 bits per heavy atom. The van der Waals surface area contributed by atoms with Gasteiger partial charge in [-0.2, -0.15) is 0 Å². The normalized spacial score (nSPS) is 8.90. The van der Waals surface area contributed by atoms with Crippen molar-refractivity contribution in [3.05, 3.63) is 33.3 Å². The van der Waals surface area contributed by atoms with Crippen molar-refractivity contribution in [3.8, 4) is 0 Å². The van der Waals surface area contributed by atoms with Crippen LogP contribution in [0.15, 0.2) is 16.6 Å². The first kappa shape index (κ1) is 24.7. The summed E-state index contributed by atoms with van der Waals surface area (Å²) < 4.78 is 1.20. The molecular weight excluding hydrogens is 308 g/mol. The Kier molecular flexibility index (Phi) is 18.6. The van der Waals surface area contributed by atoms with Crippen LogP contribution in [0.3, 0.4) is 0 Å². The molecule has 0 atom stereocenters. The van der Waals surface area contributed by atoms with E-state index in [0.717, 1.165) is 0 Å². The molecule has 120 valence electrons. The summed E-state index contributed by atoms with van der Waals surface area (Å²) in [7, 11) is 0. The van der Waals surface area contributed by atoms with E-state index >= 15 is 0 Å². The second-order valence-electron chi connectivity index (χ2n) is 4.52. The number of rotatable bonds is 2. The van der Waals surface area contributed by atoms with Crippen molar-refractivity contribution < 1.29 is 0 Å². The predicted molar refractivity (Wildman–Crippen MR) is 101 cm³/mol. The fourth-order valence-electron chi connectivity index (χ4n) is 1.92. The molecule has 0 radical (unpaired) electrons. The van der Waals surface area contributed by atoms with Crippen LogP contribution < -0.4 is 0 Å². The zero-order chi connectivity index (χ0) is 16.9. The summed E-state index contributed by atoms with van der Waals surface area (Å²) in [6, 6.07) is 4.48. The molecule has 0 aliphatic carbocycles. The highest BCUT2D eigenvalue weighted by molar-refractivity contribution is 9.10. The standard InChI is InChI=1S/C13H19Br.3C2H6/c1-8(2)12-6-11(14)7-13(9(3)4)10(12)5;3*1-2/h6-9H,1-5H3;3*1-2H3. The molecule has 0 aliphatic rings. The van der Waals surface area contributed by atoms with Gasteiger partial charge in [-0.25, -0.2) is 0 Å². The maximum absolute atomic E-state index is 3.58. The monoisotopic (exact) mass is 344 g/mol. The summed E-state index contributed by atoms with van der Waals surface area (Å²) in [5.74, 6) is 1.20. The topological polar surface area (TPSA) is 0 Å². The van der Waals surface area contributed by atoms with Gasteiger partial charge in [-0.1, -0.05) is 85.2 Å². The summed E-state index contributed by atoms with van der Waals surface area (Å²) in [4.78, 5) is 0. The molecule has 0 aliphatic heterocycles. The minimum Gasteiger partial charge on any atom is -0.0683 e. The van der Waals surface area contributed by atoms with Gasteiger partial charge >= 0.3 is 0 Å². The number of benzene rings is 1. The molecule has 0 saturated heterocycles. The van der Waals surface area contributed by atoms with Crippen molar-refractivity contribution in [1.29, 1.82) is 0 Å². The first-order valence-electron chi connectivity index (χ1n) is 8.23. The highest BCUT2D eigenvalue weighted by Gasteiger charge is 2.11. The van der Waals surface area contributed by atoms with E-state index in [4.69, 9.17) is 0 Å². The van der Waals surface area contributed by atoms with Gasteiger partial charge in [-0.05, 0) is 47.6 Å². The van der Waals surface area contributed by atoms with E-state index in [1.54, 1.807) is 0 Å². The van der Waals surface area contributed by atoms with Crippen LogP contribution in [0.1, 0.15) is 97.8 Å². The zero-order valence-corrected chi connectivity index (χ0v) is 17.3. The predicted octanol–water partition coefficient (Wildman–Crippen LogP) is 8.08. The van der Waals surface area contributed by atoms with Crippen LogP contribution in [0.2, 0.25) is 0 Å². The van der Waals surface area contributed by atoms with E-state index in [0.29, 0.717) is 11.8 Å². The molecule has 1 aromatic carbocycles. The maximum atomic E-state index is 3.58. The number of hydrogen-bond donors (Lipinski definition) is 0. The molecule has 0 spiro atoms. The van der Waals surface area contributed by atoms with Crippen molar-refractivity contribution in [2.45, 2.75) is 88.0 Å². The van der Waals surface area contributed by atoms with Gasteiger partial charge in [0.1, 0.15) is 0 Å². The van der Waals surface area contributed by atoms with Crippen LogP contribution in [0.25, 0.3) is 0 Å². The molecule has 0 heterocycles. The summed E-state index contributed by atoms with van der Waals surface area (Å²) in [6.07, 6.45) is 0. The van der Waals surface area contributed by atoms with Crippen molar-refractivity contribution in [2.75, 3.05) is 0 Å². The maximum Gasteiger partial charge on any atom is 0.0181 e. The van der Waals surface area contributed by atoms with Crippen LogP contribution in [0.4, 0.5) is 0 Å². The molecule has 1 aromatic rings. The first-order valence-corrected chi connectivity index (χ1v) is 9.02.